The molecule has 1 N–H and O–H groups in total. The number of ketones is 1. The fourth-order valence-electron chi connectivity index (χ4n) is 3.87. The Labute approximate surface area is 178 Å². The van der Waals surface area contributed by atoms with E-state index in [9.17, 15) is 13.2 Å². The molecule has 6 nitrogen and oxygen atoms in total. The Morgan fingerprint density at radius 1 is 1.03 bits per heavy atom. The van der Waals surface area contributed by atoms with E-state index in [2.05, 4.69) is 4.83 Å². The van der Waals surface area contributed by atoms with Gasteiger partial charge < -0.3 is 4.74 Å². The van der Waals surface area contributed by atoms with E-state index in [1.807, 2.05) is 29.3 Å². The van der Waals surface area contributed by atoms with Gasteiger partial charge in [0.1, 0.15) is 5.75 Å². The van der Waals surface area contributed by atoms with Gasteiger partial charge in [0.15, 0.2) is 5.78 Å². The van der Waals surface area contributed by atoms with Crippen LogP contribution in [-0.2, 0) is 10.0 Å². The average Bonchev–Trinajstić information content (AvgIpc) is 3.53. The highest BCUT2D eigenvalue weighted by molar-refractivity contribution is 7.89. The van der Waals surface area contributed by atoms with Gasteiger partial charge in [0.25, 0.3) is 10.0 Å². The molecule has 1 heterocycles. The largest absolute Gasteiger partial charge is 0.494 e. The molecule has 2 aromatic rings. The first-order chi connectivity index (χ1) is 14.5. The van der Waals surface area contributed by atoms with Gasteiger partial charge in [-0.25, -0.2) is 13.4 Å². The van der Waals surface area contributed by atoms with Crippen LogP contribution in [-0.4, -0.2) is 38.4 Å². The second kappa shape index (κ2) is 9.29. The third-order valence-electron chi connectivity index (χ3n) is 5.71. The van der Waals surface area contributed by atoms with E-state index in [4.69, 9.17) is 4.74 Å². The molecule has 1 aliphatic heterocycles. The highest BCUT2D eigenvalue weighted by atomic mass is 32.2. The molecule has 0 amide bonds. The first-order valence-corrected chi connectivity index (χ1v) is 12.1. The van der Waals surface area contributed by atoms with Gasteiger partial charge in [0, 0.05) is 24.1 Å². The third kappa shape index (κ3) is 5.28. The Morgan fingerprint density at radius 3 is 2.47 bits per heavy atom. The minimum atomic E-state index is -3.55. The Kier molecular flexibility index (Phi) is 6.51. The number of hydrazine groups is 1. The molecule has 0 unspecified atom stereocenters. The summed E-state index contributed by atoms with van der Waals surface area (Å²) in [4.78, 5) is 15.1. The van der Waals surface area contributed by atoms with Crippen LogP contribution in [0.3, 0.4) is 0 Å². The number of carbonyl (C=O) groups excluding carboxylic acids is 1. The molecule has 2 fully saturated rings. The lowest BCUT2D eigenvalue weighted by Gasteiger charge is -2.25. The van der Waals surface area contributed by atoms with Crippen LogP contribution in [0, 0.1) is 5.92 Å². The van der Waals surface area contributed by atoms with Crippen LogP contribution in [0.15, 0.2) is 59.5 Å². The highest BCUT2D eigenvalue weighted by Gasteiger charge is 2.30. The number of nitrogens with one attached hydrogen (secondary N) is 1. The number of sulfonamides is 1. The minimum absolute atomic E-state index is 0.172. The standard InChI is InChI=1S/C23H28N2O4S/c26-23(18-10-11-18)19-12-14-21(15-13-19)29-17-5-7-20-6-4-16-25(20)24-30(27,28)22-8-2-1-3-9-22/h1-3,8-9,12-15,18,20,24H,4-7,10-11,16-17H2/t20-/m1/s1. The maximum Gasteiger partial charge on any atom is 0.253 e. The quantitative estimate of drug-likeness (QED) is 0.460. The number of hydrogen-bond acceptors (Lipinski definition) is 5. The normalized spacial score (nSPS) is 19.7. The Morgan fingerprint density at radius 2 is 1.77 bits per heavy atom. The fraction of sp³-hybridized carbons (Fsp3) is 0.435. The first-order valence-electron chi connectivity index (χ1n) is 10.6. The van der Waals surface area contributed by atoms with Crippen molar-refractivity contribution in [2.75, 3.05) is 13.2 Å². The van der Waals surface area contributed by atoms with Gasteiger partial charge in [0.05, 0.1) is 11.5 Å². The molecule has 1 aliphatic carbocycles. The Hall–Kier alpha value is -2.22. The molecule has 160 valence electrons. The van der Waals surface area contributed by atoms with Crippen molar-refractivity contribution in [2.45, 2.75) is 49.5 Å². The van der Waals surface area contributed by atoms with Crippen molar-refractivity contribution in [2.24, 2.45) is 5.92 Å². The van der Waals surface area contributed by atoms with E-state index in [1.165, 1.54) is 0 Å². The van der Waals surface area contributed by atoms with E-state index >= 15 is 0 Å². The van der Waals surface area contributed by atoms with Gasteiger partial charge in [-0.05, 0) is 74.9 Å². The van der Waals surface area contributed by atoms with Crippen molar-refractivity contribution < 1.29 is 17.9 Å². The summed E-state index contributed by atoms with van der Waals surface area (Å²) in [5.41, 5.74) is 0.761. The van der Waals surface area contributed by atoms with E-state index in [0.717, 1.165) is 49.8 Å². The SMILES string of the molecule is O=C(c1ccc(OCCC[C@H]2CCCN2NS(=O)(=O)c2ccccc2)cc1)C1CC1. The Bertz CT molecular complexity index is 956. The molecule has 2 aliphatic rings. The molecule has 1 saturated carbocycles. The number of Topliss-reactive ketones (excluding diaryl/α,β-unsaturated/α-hetero) is 1. The second-order valence-electron chi connectivity index (χ2n) is 8.05. The van der Waals surface area contributed by atoms with Crippen LogP contribution < -0.4 is 9.57 Å². The molecule has 1 atom stereocenters. The summed E-state index contributed by atoms with van der Waals surface area (Å²) >= 11 is 0. The first kappa shape index (κ1) is 21.0. The zero-order valence-corrected chi connectivity index (χ0v) is 17.8. The zero-order chi connectivity index (χ0) is 21.0. The molecule has 2 aromatic carbocycles. The van der Waals surface area contributed by atoms with Crippen LogP contribution in [0.2, 0.25) is 0 Å². The molecular weight excluding hydrogens is 400 g/mol. The van der Waals surface area contributed by atoms with Crippen molar-refractivity contribution in [3.8, 4) is 5.75 Å². The van der Waals surface area contributed by atoms with Crippen molar-refractivity contribution in [3.63, 3.8) is 0 Å². The van der Waals surface area contributed by atoms with Gasteiger partial charge in [-0.3, -0.25) is 4.79 Å². The summed E-state index contributed by atoms with van der Waals surface area (Å²) in [5, 5.41) is 1.85. The average molecular weight is 429 g/mol. The summed E-state index contributed by atoms with van der Waals surface area (Å²) in [6.45, 7) is 1.28. The predicted octanol–water partition coefficient (Wildman–Crippen LogP) is 3.80. The Balaban J connectivity index is 1.23. The van der Waals surface area contributed by atoms with Gasteiger partial charge >= 0.3 is 0 Å². The van der Waals surface area contributed by atoms with Gasteiger partial charge in [-0.2, -0.15) is 0 Å². The van der Waals surface area contributed by atoms with E-state index < -0.39 is 10.0 Å². The molecule has 1 saturated heterocycles. The van der Waals surface area contributed by atoms with Crippen LogP contribution in [0.25, 0.3) is 0 Å². The van der Waals surface area contributed by atoms with Crippen molar-refractivity contribution >= 4 is 15.8 Å². The summed E-state index contributed by atoms with van der Waals surface area (Å²) < 4.78 is 31.0. The lowest BCUT2D eigenvalue weighted by molar-refractivity contribution is 0.0967. The summed E-state index contributed by atoms with van der Waals surface area (Å²) in [6, 6.07) is 16.0. The maximum atomic E-state index is 12.6. The van der Waals surface area contributed by atoms with E-state index in [-0.39, 0.29) is 22.6 Å². The molecule has 30 heavy (non-hydrogen) atoms. The molecule has 0 bridgehead atoms. The minimum Gasteiger partial charge on any atom is -0.494 e. The zero-order valence-electron chi connectivity index (χ0n) is 17.0. The monoisotopic (exact) mass is 428 g/mol. The smallest absolute Gasteiger partial charge is 0.253 e. The van der Waals surface area contributed by atoms with Gasteiger partial charge in [-0.15, -0.1) is 4.83 Å². The number of carbonyl (C=O) groups is 1. The molecule has 4 rings (SSSR count). The summed E-state index contributed by atoms with van der Waals surface area (Å²) in [7, 11) is -3.55. The number of rotatable bonds is 10. The number of ether oxygens (including phenoxy) is 1. The lowest BCUT2D eigenvalue weighted by Crippen LogP contribution is -2.45. The molecule has 0 aromatic heterocycles. The maximum absolute atomic E-state index is 12.6. The topological polar surface area (TPSA) is 75.7 Å². The predicted molar refractivity (Wildman–Crippen MR) is 115 cm³/mol. The summed E-state index contributed by atoms with van der Waals surface area (Å²) in [5.74, 6) is 1.22. The van der Waals surface area contributed by atoms with Crippen LogP contribution >= 0.6 is 0 Å². The van der Waals surface area contributed by atoms with Crippen LogP contribution in [0.4, 0.5) is 0 Å². The molecule has 7 heteroatoms. The number of nitrogens with zero attached hydrogens (tertiary/aromatic N) is 1. The third-order valence-corrected chi connectivity index (χ3v) is 7.07. The van der Waals surface area contributed by atoms with Crippen molar-refractivity contribution in [3.05, 3.63) is 60.2 Å². The van der Waals surface area contributed by atoms with Crippen LogP contribution in [0.5, 0.6) is 5.75 Å². The van der Waals surface area contributed by atoms with Gasteiger partial charge in [-0.1, -0.05) is 18.2 Å². The number of hydrogen-bond donors (Lipinski definition) is 1. The molecule has 0 radical (unpaired) electrons. The fourth-order valence-corrected chi connectivity index (χ4v) is 5.04. The number of benzene rings is 2. The van der Waals surface area contributed by atoms with E-state index in [0.29, 0.717) is 13.2 Å². The van der Waals surface area contributed by atoms with Crippen molar-refractivity contribution in [1.82, 2.24) is 9.84 Å². The van der Waals surface area contributed by atoms with Gasteiger partial charge in [0.2, 0.25) is 0 Å². The second-order valence-corrected chi connectivity index (χ2v) is 9.71. The van der Waals surface area contributed by atoms with E-state index in [1.54, 1.807) is 30.3 Å². The molecule has 0 spiro atoms. The van der Waals surface area contributed by atoms with Crippen molar-refractivity contribution in [1.29, 1.82) is 0 Å². The van der Waals surface area contributed by atoms with Crippen LogP contribution in [0.1, 0.15) is 48.9 Å². The molecular formula is C23H28N2O4S. The lowest BCUT2D eigenvalue weighted by atomic mass is 10.1. The summed E-state index contributed by atoms with van der Waals surface area (Å²) in [6.07, 6.45) is 5.65. The highest BCUT2D eigenvalue weighted by Crippen LogP contribution is 2.33.